The van der Waals surface area contributed by atoms with Crippen molar-refractivity contribution in [1.29, 1.82) is 0 Å². The highest BCUT2D eigenvalue weighted by Gasteiger charge is 2.24. The molecule has 2 amide bonds. The van der Waals surface area contributed by atoms with Crippen LogP contribution in [0.15, 0.2) is 0 Å². The molecule has 0 aromatic heterocycles. The molecule has 0 spiro atoms. The normalized spacial score (nSPS) is 24.2. The van der Waals surface area contributed by atoms with Gasteiger partial charge in [0.25, 0.3) is 11.8 Å². The molecule has 1 rings (SSSR count). The number of carbonyl (C=O) groups is 2. The van der Waals surface area contributed by atoms with Gasteiger partial charge in [0.05, 0.1) is 7.05 Å². The van der Waals surface area contributed by atoms with E-state index in [9.17, 15) is 9.59 Å². The Morgan fingerprint density at radius 1 is 1.10 bits per heavy atom. The summed E-state index contributed by atoms with van der Waals surface area (Å²) in [6.45, 7) is 8.75. The molecule has 1 unspecified atom stereocenters. The molecular formula is C16H32N3O2+. The van der Waals surface area contributed by atoms with Gasteiger partial charge >= 0.3 is 0 Å². The molecule has 0 saturated heterocycles. The predicted octanol–water partition coefficient (Wildman–Crippen LogP) is 0.111. The molecule has 3 N–H and O–H groups in total. The lowest BCUT2D eigenvalue weighted by molar-refractivity contribution is -0.862. The maximum Gasteiger partial charge on any atom is 0.275 e. The van der Waals surface area contributed by atoms with Crippen molar-refractivity contribution in [2.75, 3.05) is 20.1 Å². The van der Waals surface area contributed by atoms with Crippen molar-refractivity contribution in [3.63, 3.8) is 0 Å². The quantitative estimate of drug-likeness (QED) is 0.675. The second-order valence-corrected chi connectivity index (χ2v) is 7.54. The van der Waals surface area contributed by atoms with E-state index in [1.165, 1.54) is 19.3 Å². The SMILES string of the molecule is C[C@H]1CCCC[C@H]1NC(=O)C[NH+](C)CC(=O)NC(C)(C)C. The molecule has 0 aromatic rings. The van der Waals surface area contributed by atoms with Crippen LogP contribution in [0.3, 0.4) is 0 Å². The summed E-state index contributed by atoms with van der Waals surface area (Å²) in [5, 5.41) is 6.05. The van der Waals surface area contributed by atoms with E-state index >= 15 is 0 Å². The number of nitrogens with one attached hydrogen (secondary N) is 3. The summed E-state index contributed by atoms with van der Waals surface area (Å²) in [5.41, 5.74) is -0.225. The van der Waals surface area contributed by atoms with Crippen LogP contribution in [0.5, 0.6) is 0 Å². The standard InChI is InChI=1S/C16H31N3O2/c1-12-8-6-7-9-13(12)17-14(20)10-19(5)11-15(21)18-16(2,3)4/h12-13H,6-11H2,1-5H3,(H,17,20)(H,18,21)/p+1/t12-,13+/m0/s1. The number of likely N-dealkylation sites (N-methyl/N-ethyl adjacent to an activating group) is 1. The van der Waals surface area contributed by atoms with Crippen LogP contribution in [0.4, 0.5) is 0 Å². The van der Waals surface area contributed by atoms with E-state index in [1.54, 1.807) is 0 Å². The minimum Gasteiger partial charge on any atom is -0.348 e. The Bertz CT molecular complexity index is 363. The lowest BCUT2D eigenvalue weighted by Gasteiger charge is -2.29. The highest BCUT2D eigenvalue weighted by atomic mass is 16.2. The minimum atomic E-state index is -0.225. The molecule has 0 aliphatic heterocycles. The zero-order valence-electron chi connectivity index (χ0n) is 14.2. The molecule has 0 bridgehead atoms. The first-order chi connectivity index (χ1) is 9.67. The number of hydrogen-bond donors (Lipinski definition) is 3. The van der Waals surface area contributed by atoms with Gasteiger partial charge in [0, 0.05) is 11.6 Å². The molecule has 5 heteroatoms. The van der Waals surface area contributed by atoms with Crippen LogP contribution in [0.2, 0.25) is 0 Å². The molecule has 1 fully saturated rings. The fraction of sp³-hybridized carbons (Fsp3) is 0.875. The third-order valence-electron chi connectivity index (χ3n) is 3.90. The van der Waals surface area contributed by atoms with Crippen molar-refractivity contribution in [2.24, 2.45) is 5.92 Å². The Labute approximate surface area is 128 Å². The highest BCUT2D eigenvalue weighted by molar-refractivity contribution is 5.79. The van der Waals surface area contributed by atoms with E-state index in [4.69, 9.17) is 0 Å². The molecule has 122 valence electrons. The first-order valence-electron chi connectivity index (χ1n) is 8.09. The zero-order chi connectivity index (χ0) is 16.0. The van der Waals surface area contributed by atoms with E-state index in [1.807, 2.05) is 27.8 Å². The van der Waals surface area contributed by atoms with E-state index in [0.29, 0.717) is 25.0 Å². The Kier molecular flexibility index (Phi) is 6.65. The number of amides is 2. The van der Waals surface area contributed by atoms with Gasteiger partial charge in [0.1, 0.15) is 0 Å². The summed E-state index contributed by atoms with van der Waals surface area (Å²) < 4.78 is 0. The predicted molar refractivity (Wildman–Crippen MR) is 84.1 cm³/mol. The Morgan fingerprint density at radius 3 is 2.24 bits per heavy atom. The van der Waals surface area contributed by atoms with Crippen LogP contribution < -0.4 is 15.5 Å². The number of quaternary nitrogens is 1. The number of rotatable bonds is 5. The van der Waals surface area contributed by atoms with Gasteiger partial charge in [-0.2, -0.15) is 0 Å². The fourth-order valence-electron chi connectivity index (χ4n) is 2.86. The first kappa shape index (κ1) is 18.0. The molecular weight excluding hydrogens is 266 g/mol. The van der Waals surface area contributed by atoms with Crippen LogP contribution in [-0.4, -0.2) is 43.5 Å². The zero-order valence-corrected chi connectivity index (χ0v) is 14.2. The average molecular weight is 298 g/mol. The minimum absolute atomic E-state index is 0.0150. The van der Waals surface area contributed by atoms with E-state index in [2.05, 4.69) is 17.6 Å². The average Bonchev–Trinajstić information content (AvgIpc) is 2.28. The van der Waals surface area contributed by atoms with Crippen molar-refractivity contribution in [3.05, 3.63) is 0 Å². The van der Waals surface area contributed by atoms with Crippen molar-refractivity contribution in [3.8, 4) is 0 Å². The number of hydrogen-bond acceptors (Lipinski definition) is 2. The van der Waals surface area contributed by atoms with E-state index < -0.39 is 0 Å². The Hall–Kier alpha value is -1.10. The highest BCUT2D eigenvalue weighted by Crippen LogP contribution is 2.23. The molecule has 0 radical (unpaired) electrons. The smallest absolute Gasteiger partial charge is 0.275 e. The summed E-state index contributed by atoms with van der Waals surface area (Å²) in [5.74, 6) is 0.598. The lowest BCUT2D eigenvalue weighted by atomic mass is 9.86. The second-order valence-electron chi connectivity index (χ2n) is 7.54. The summed E-state index contributed by atoms with van der Waals surface area (Å²) in [4.78, 5) is 24.8. The second kappa shape index (κ2) is 7.78. The maximum atomic E-state index is 12.1. The third-order valence-corrected chi connectivity index (χ3v) is 3.90. The van der Waals surface area contributed by atoms with Gasteiger partial charge in [0.2, 0.25) is 0 Å². The molecule has 3 atom stereocenters. The fourth-order valence-corrected chi connectivity index (χ4v) is 2.86. The molecule has 1 aliphatic rings. The summed E-state index contributed by atoms with van der Waals surface area (Å²) >= 11 is 0. The molecule has 21 heavy (non-hydrogen) atoms. The first-order valence-corrected chi connectivity index (χ1v) is 8.09. The van der Waals surface area contributed by atoms with Crippen LogP contribution >= 0.6 is 0 Å². The van der Waals surface area contributed by atoms with Crippen LogP contribution in [-0.2, 0) is 9.59 Å². The van der Waals surface area contributed by atoms with Gasteiger partial charge in [-0.15, -0.1) is 0 Å². The van der Waals surface area contributed by atoms with Gasteiger partial charge in [-0.1, -0.05) is 19.8 Å². The van der Waals surface area contributed by atoms with Gasteiger partial charge in [-0.05, 0) is 39.5 Å². The number of carbonyl (C=O) groups excluding carboxylic acids is 2. The summed E-state index contributed by atoms with van der Waals surface area (Å²) in [7, 11) is 1.88. The largest absolute Gasteiger partial charge is 0.348 e. The van der Waals surface area contributed by atoms with Gasteiger partial charge < -0.3 is 15.5 Å². The summed E-state index contributed by atoms with van der Waals surface area (Å²) in [6, 6.07) is 0.308. The topological polar surface area (TPSA) is 62.6 Å². The molecule has 5 nitrogen and oxygen atoms in total. The lowest BCUT2D eigenvalue weighted by Crippen LogP contribution is -3.11. The van der Waals surface area contributed by atoms with Crippen LogP contribution in [0.25, 0.3) is 0 Å². The van der Waals surface area contributed by atoms with Crippen molar-refractivity contribution >= 4 is 11.8 Å². The summed E-state index contributed by atoms with van der Waals surface area (Å²) in [6.07, 6.45) is 4.75. The monoisotopic (exact) mass is 298 g/mol. The Morgan fingerprint density at radius 2 is 1.67 bits per heavy atom. The Balaban J connectivity index is 2.31. The maximum absolute atomic E-state index is 12.1. The van der Waals surface area contributed by atoms with Gasteiger partial charge in [-0.3, -0.25) is 9.59 Å². The van der Waals surface area contributed by atoms with E-state index in [-0.39, 0.29) is 17.4 Å². The van der Waals surface area contributed by atoms with E-state index in [0.717, 1.165) is 11.3 Å². The van der Waals surface area contributed by atoms with Crippen molar-refractivity contribution < 1.29 is 14.5 Å². The van der Waals surface area contributed by atoms with Gasteiger partial charge in [-0.25, -0.2) is 0 Å². The van der Waals surface area contributed by atoms with Crippen LogP contribution in [0.1, 0.15) is 53.4 Å². The van der Waals surface area contributed by atoms with Crippen LogP contribution in [0, 0.1) is 5.92 Å². The molecule has 1 saturated carbocycles. The molecule has 0 aromatic carbocycles. The third kappa shape index (κ3) is 7.46. The molecule has 0 heterocycles. The van der Waals surface area contributed by atoms with Crippen molar-refractivity contribution in [1.82, 2.24) is 10.6 Å². The molecule has 1 aliphatic carbocycles. The van der Waals surface area contributed by atoms with Gasteiger partial charge in [0.15, 0.2) is 13.1 Å². The van der Waals surface area contributed by atoms with Crippen molar-refractivity contribution in [2.45, 2.75) is 65.0 Å².